The van der Waals surface area contributed by atoms with Crippen molar-refractivity contribution >= 4 is 18.3 Å². The van der Waals surface area contributed by atoms with Crippen LogP contribution < -0.4 is 9.47 Å². The zero-order chi connectivity index (χ0) is 29.7. The molecule has 0 aliphatic heterocycles. The molecule has 1 unspecified atom stereocenters. The van der Waals surface area contributed by atoms with Gasteiger partial charge >= 0.3 is 0 Å². The van der Waals surface area contributed by atoms with Gasteiger partial charge in [-0.2, -0.15) is 4.31 Å². The summed E-state index contributed by atoms with van der Waals surface area (Å²) in [7, 11) is -3.34. The second kappa shape index (κ2) is 12.8. The predicted molar refractivity (Wildman–Crippen MR) is 157 cm³/mol. The molecule has 218 valence electrons. The van der Waals surface area contributed by atoms with Crippen LogP contribution in [-0.4, -0.2) is 50.5 Å². The fourth-order valence-electron chi connectivity index (χ4n) is 3.82. The third-order valence-electron chi connectivity index (χ3n) is 7.41. The summed E-state index contributed by atoms with van der Waals surface area (Å²) in [5, 5.41) is -1.27. The van der Waals surface area contributed by atoms with Gasteiger partial charge in [-0.15, -0.1) is 0 Å². The topological polar surface area (TPSA) is 90.9 Å². The van der Waals surface area contributed by atoms with E-state index in [1.807, 2.05) is 37.4 Å². The van der Waals surface area contributed by atoms with Gasteiger partial charge < -0.3 is 13.9 Å². The molecule has 2 aromatic carbocycles. The number of methoxy groups -OCH3 is 2. The van der Waals surface area contributed by atoms with Crippen LogP contribution in [0.3, 0.4) is 0 Å². The van der Waals surface area contributed by atoms with Crippen molar-refractivity contribution < 1.29 is 26.7 Å². The number of ether oxygens (including phenoxy) is 2. The Kier molecular flexibility index (Phi) is 10.1. The minimum atomic E-state index is -4.01. The van der Waals surface area contributed by atoms with Crippen molar-refractivity contribution in [2.24, 2.45) is 0 Å². The molecule has 2 atom stereocenters. The first-order chi connectivity index (χ1) is 18.7. The molecule has 0 fully saturated rings. The predicted octanol–water partition coefficient (Wildman–Crippen LogP) is 6.12. The Morgan fingerprint density at radius 2 is 1.30 bits per heavy atom. The van der Waals surface area contributed by atoms with E-state index >= 15 is 0 Å². The normalized spacial score (nSPS) is 14.2. The molecule has 0 amide bonds. The minimum absolute atomic E-state index is 0.125. The second-order valence-electron chi connectivity index (χ2n) is 11.3. The van der Waals surface area contributed by atoms with E-state index in [2.05, 4.69) is 30.7 Å². The number of halogens is 1. The number of hydrogen-bond acceptors (Lipinski definition) is 7. The van der Waals surface area contributed by atoms with Crippen LogP contribution in [0.1, 0.15) is 50.8 Å². The Morgan fingerprint density at radius 1 is 0.875 bits per heavy atom. The molecule has 8 nitrogen and oxygen atoms in total. The average molecular weight is 590 g/mol. The third kappa shape index (κ3) is 7.65. The Morgan fingerprint density at radius 3 is 1.68 bits per heavy atom. The smallest absolute Gasteiger partial charge is 0.220 e. The van der Waals surface area contributed by atoms with E-state index in [0.29, 0.717) is 11.5 Å². The summed E-state index contributed by atoms with van der Waals surface area (Å²) in [4.78, 5) is 8.29. The largest absolute Gasteiger partial charge is 0.497 e. The van der Waals surface area contributed by atoms with E-state index in [1.54, 1.807) is 45.4 Å². The molecule has 11 heteroatoms. The highest BCUT2D eigenvalue weighted by Gasteiger charge is 2.45. The van der Waals surface area contributed by atoms with Crippen molar-refractivity contribution in [3.8, 4) is 11.5 Å². The maximum atomic E-state index is 14.4. The molecule has 1 aromatic heterocycles. The van der Waals surface area contributed by atoms with Gasteiger partial charge in [0.2, 0.25) is 10.0 Å². The number of aromatic nitrogens is 2. The molecule has 0 aliphatic carbocycles. The zero-order valence-corrected chi connectivity index (χ0v) is 26.3. The van der Waals surface area contributed by atoms with Crippen LogP contribution in [0, 0.1) is 5.82 Å². The van der Waals surface area contributed by atoms with Gasteiger partial charge in [0.05, 0.1) is 26.6 Å². The highest BCUT2D eigenvalue weighted by atomic mass is 32.2. The molecule has 0 radical (unpaired) electrons. The molecule has 0 saturated carbocycles. The van der Waals surface area contributed by atoms with Gasteiger partial charge in [-0.05, 0) is 60.4 Å². The zero-order valence-electron chi connectivity index (χ0n) is 24.5. The van der Waals surface area contributed by atoms with Crippen molar-refractivity contribution in [2.45, 2.75) is 70.3 Å². The van der Waals surface area contributed by atoms with Crippen LogP contribution in [0.2, 0.25) is 18.1 Å². The Bertz CT molecular complexity index is 1300. The van der Waals surface area contributed by atoms with E-state index in [4.69, 9.17) is 13.9 Å². The number of benzene rings is 2. The number of nitrogens with zero attached hydrogens (tertiary/aromatic N) is 3. The van der Waals surface area contributed by atoms with Crippen LogP contribution in [0.25, 0.3) is 0 Å². The number of hydrogen-bond donors (Lipinski definition) is 0. The highest BCUT2D eigenvalue weighted by molar-refractivity contribution is 7.89. The lowest BCUT2D eigenvalue weighted by atomic mass is 10.2. The fourth-order valence-corrected chi connectivity index (χ4v) is 6.83. The third-order valence-corrected chi connectivity index (χ3v) is 14.0. The Labute approximate surface area is 238 Å². The van der Waals surface area contributed by atoms with Gasteiger partial charge in [-0.1, -0.05) is 45.0 Å². The average Bonchev–Trinajstić information content (AvgIpc) is 2.91. The van der Waals surface area contributed by atoms with Crippen LogP contribution in [-0.2, 0) is 27.5 Å². The van der Waals surface area contributed by atoms with Crippen LogP contribution >= 0.6 is 0 Å². The van der Waals surface area contributed by atoms with Crippen LogP contribution in [0.15, 0.2) is 60.9 Å². The molecule has 3 aromatic rings. The standard InChI is InChI=1S/C29H40FN3O5SSi/c1-21(27(28-31-17-24(30)18-32-28)38-40(7,8)29(2,3)4)39(34,35)33(19-22-9-13-25(36-5)14-10-22)20-23-11-15-26(37-6)16-12-23/h9-18,21,27H,19-20H2,1-8H3/t21-,27?/m1/s1. The lowest BCUT2D eigenvalue weighted by molar-refractivity contribution is 0.168. The lowest BCUT2D eigenvalue weighted by Gasteiger charge is -2.40. The van der Waals surface area contributed by atoms with E-state index < -0.39 is 35.5 Å². The minimum Gasteiger partial charge on any atom is -0.497 e. The summed E-state index contributed by atoms with van der Waals surface area (Å²) in [6.07, 6.45) is 1.08. The molecule has 1 heterocycles. The van der Waals surface area contributed by atoms with E-state index in [-0.39, 0.29) is 24.0 Å². The summed E-state index contributed by atoms with van der Waals surface area (Å²) in [6.45, 7) is 12.1. The Balaban J connectivity index is 2.05. The van der Waals surface area contributed by atoms with Gasteiger partial charge in [0.1, 0.15) is 22.9 Å². The highest BCUT2D eigenvalue weighted by Crippen LogP contribution is 2.41. The first-order valence-electron chi connectivity index (χ1n) is 13.1. The second-order valence-corrected chi connectivity index (χ2v) is 18.3. The number of sulfonamides is 1. The Hall–Kier alpha value is -2.86. The van der Waals surface area contributed by atoms with Gasteiger partial charge in [-0.3, -0.25) is 0 Å². The molecule has 0 saturated heterocycles. The molecule has 0 spiro atoms. The first kappa shape index (κ1) is 31.7. The monoisotopic (exact) mass is 589 g/mol. The van der Waals surface area contributed by atoms with Crippen molar-refractivity contribution in [1.29, 1.82) is 0 Å². The van der Waals surface area contributed by atoms with Crippen LogP contribution in [0.4, 0.5) is 4.39 Å². The lowest BCUT2D eigenvalue weighted by Crippen LogP contribution is -2.47. The van der Waals surface area contributed by atoms with E-state index in [0.717, 1.165) is 23.5 Å². The fraction of sp³-hybridized carbons (Fsp3) is 0.448. The molecule has 0 bridgehead atoms. The van der Waals surface area contributed by atoms with Crippen molar-refractivity contribution in [3.63, 3.8) is 0 Å². The summed E-state index contributed by atoms with van der Waals surface area (Å²) in [5.41, 5.74) is 1.59. The maximum absolute atomic E-state index is 14.4. The SMILES string of the molecule is COc1ccc(CN(Cc2ccc(OC)cc2)S(=O)(=O)[C@H](C)C(O[Si](C)(C)C(C)(C)C)c2ncc(F)cn2)cc1. The van der Waals surface area contributed by atoms with Gasteiger partial charge in [-0.25, -0.2) is 22.8 Å². The quantitative estimate of drug-likeness (QED) is 0.235. The van der Waals surface area contributed by atoms with Crippen molar-refractivity contribution in [1.82, 2.24) is 14.3 Å². The maximum Gasteiger partial charge on any atom is 0.220 e. The summed E-state index contributed by atoms with van der Waals surface area (Å²) < 4.78 is 61.1. The molecule has 3 rings (SSSR count). The molecular formula is C29H40FN3O5SSi. The van der Waals surface area contributed by atoms with Crippen molar-refractivity contribution in [3.05, 3.63) is 83.7 Å². The molecular weight excluding hydrogens is 549 g/mol. The number of rotatable bonds is 12. The van der Waals surface area contributed by atoms with Gasteiger partial charge in [0.25, 0.3) is 0 Å². The van der Waals surface area contributed by atoms with E-state index in [1.165, 1.54) is 4.31 Å². The molecule has 0 aliphatic rings. The summed E-state index contributed by atoms with van der Waals surface area (Å²) in [5.74, 6) is 0.887. The first-order valence-corrected chi connectivity index (χ1v) is 17.5. The van der Waals surface area contributed by atoms with Gasteiger partial charge in [0.15, 0.2) is 20.0 Å². The summed E-state index contributed by atoms with van der Waals surface area (Å²) >= 11 is 0. The molecule has 40 heavy (non-hydrogen) atoms. The van der Waals surface area contributed by atoms with Crippen molar-refractivity contribution in [2.75, 3.05) is 14.2 Å². The summed E-state index contributed by atoms with van der Waals surface area (Å²) in [6, 6.07) is 14.6. The molecule has 0 N–H and O–H groups in total. The van der Waals surface area contributed by atoms with E-state index in [9.17, 15) is 12.8 Å². The van der Waals surface area contributed by atoms with Gasteiger partial charge in [0, 0.05) is 13.1 Å². The van der Waals surface area contributed by atoms with Crippen LogP contribution in [0.5, 0.6) is 11.5 Å².